The molecule has 3 aromatic carbocycles. The molecule has 5 rings (SSSR count). The lowest BCUT2D eigenvalue weighted by molar-refractivity contribution is 0.0968. The summed E-state index contributed by atoms with van der Waals surface area (Å²) in [6, 6.07) is 18.7. The number of hydrogen-bond donors (Lipinski definition) is 0. The zero-order valence-corrected chi connectivity index (χ0v) is 18.1. The third-order valence-corrected chi connectivity index (χ3v) is 6.17. The predicted octanol–water partition coefficient (Wildman–Crippen LogP) is 6.16. The van der Waals surface area contributed by atoms with Crippen molar-refractivity contribution in [1.29, 1.82) is 0 Å². The predicted molar refractivity (Wildman–Crippen MR) is 124 cm³/mol. The quantitative estimate of drug-likeness (QED) is 0.372. The topological polar surface area (TPSA) is 42.7 Å². The smallest absolute Gasteiger partial charge is 0.200 e. The van der Waals surface area contributed by atoms with Gasteiger partial charge in [0, 0.05) is 23.1 Å². The van der Waals surface area contributed by atoms with E-state index in [-0.39, 0.29) is 5.43 Å². The molecule has 4 aromatic rings. The van der Waals surface area contributed by atoms with E-state index in [2.05, 4.69) is 4.90 Å². The molecule has 0 atom stereocenters. The van der Waals surface area contributed by atoms with E-state index in [0.717, 1.165) is 35.4 Å². The number of ether oxygens (including phenoxy) is 1. The van der Waals surface area contributed by atoms with Gasteiger partial charge >= 0.3 is 0 Å². The van der Waals surface area contributed by atoms with Gasteiger partial charge in [0.2, 0.25) is 5.43 Å². The molecule has 0 bridgehead atoms. The number of benzene rings is 3. The summed E-state index contributed by atoms with van der Waals surface area (Å²) in [7, 11) is 0. The summed E-state index contributed by atoms with van der Waals surface area (Å²) in [5, 5.41) is 1.85. The maximum absolute atomic E-state index is 13.1. The molecule has 2 heterocycles. The van der Waals surface area contributed by atoms with Gasteiger partial charge in [-0.2, -0.15) is 0 Å². The summed E-state index contributed by atoms with van der Waals surface area (Å²) in [5.41, 5.74) is 3.86. The van der Waals surface area contributed by atoms with Crippen LogP contribution in [0, 0.1) is 0 Å². The number of rotatable bonds is 4. The number of nitrogens with zero attached hydrogens (tertiary/aromatic N) is 1. The largest absolute Gasteiger partial charge is 0.478 e. The lowest BCUT2D eigenvalue weighted by Crippen LogP contribution is -2.33. The molecule has 0 unspecified atom stereocenters. The molecule has 1 aliphatic heterocycles. The van der Waals surface area contributed by atoms with Crippen LogP contribution in [-0.2, 0) is 13.0 Å². The van der Waals surface area contributed by atoms with Crippen molar-refractivity contribution in [3.8, 4) is 16.9 Å². The van der Waals surface area contributed by atoms with Crippen molar-refractivity contribution in [2.45, 2.75) is 13.0 Å². The molecule has 0 radical (unpaired) electrons. The average Bonchev–Trinajstić information content (AvgIpc) is 2.79. The van der Waals surface area contributed by atoms with E-state index in [1.165, 1.54) is 0 Å². The van der Waals surface area contributed by atoms with E-state index in [1.54, 1.807) is 18.4 Å². The summed E-state index contributed by atoms with van der Waals surface area (Å²) >= 11 is 12.3. The number of halogens is 2. The molecule has 6 heteroatoms. The Labute approximate surface area is 189 Å². The molecule has 0 amide bonds. The van der Waals surface area contributed by atoms with Gasteiger partial charge in [0.25, 0.3) is 0 Å². The highest BCUT2D eigenvalue weighted by Gasteiger charge is 2.23. The van der Waals surface area contributed by atoms with E-state index in [1.807, 2.05) is 48.5 Å². The van der Waals surface area contributed by atoms with Crippen LogP contribution >= 0.6 is 23.2 Å². The molecule has 156 valence electrons. The van der Waals surface area contributed by atoms with Crippen LogP contribution in [0.2, 0.25) is 10.0 Å². The van der Waals surface area contributed by atoms with Crippen LogP contribution in [-0.4, -0.2) is 18.2 Å². The van der Waals surface area contributed by atoms with Gasteiger partial charge in [0.1, 0.15) is 24.3 Å². The Morgan fingerprint density at radius 1 is 1.00 bits per heavy atom. The molecule has 0 aliphatic carbocycles. The van der Waals surface area contributed by atoms with E-state index < -0.39 is 0 Å². The van der Waals surface area contributed by atoms with Crippen LogP contribution < -0.4 is 10.2 Å². The highest BCUT2D eigenvalue weighted by Crippen LogP contribution is 2.32. The van der Waals surface area contributed by atoms with Crippen molar-refractivity contribution in [1.82, 2.24) is 4.90 Å². The van der Waals surface area contributed by atoms with Crippen LogP contribution in [0.25, 0.3) is 22.1 Å². The lowest BCUT2D eigenvalue weighted by atomic mass is 10.0. The molecule has 1 aromatic heterocycles. The second-order valence-electron chi connectivity index (χ2n) is 7.58. The van der Waals surface area contributed by atoms with Crippen LogP contribution in [0.3, 0.4) is 0 Å². The first-order chi connectivity index (χ1) is 15.1. The van der Waals surface area contributed by atoms with Crippen molar-refractivity contribution in [2.75, 3.05) is 13.3 Å². The van der Waals surface area contributed by atoms with Crippen molar-refractivity contribution in [3.63, 3.8) is 0 Å². The minimum absolute atomic E-state index is 0.0414. The zero-order chi connectivity index (χ0) is 21.4. The third-order valence-electron chi connectivity index (χ3n) is 5.58. The Balaban J connectivity index is 1.43. The van der Waals surface area contributed by atoms with Gasteiger partial charge in [-0.05, 0) is 41.8 Å². The number of hydrogen-bond acceptors (Lipinski definition) is 4. The average molecular weight is 452 g/mol. The minimum Gasteiger partial charge on any atom is -0.478 e. The van der Waals surface area contributed by atoms with Crippen molar-refractivity contribution in [3.05, 3.63) is 98.3 Å². The Morgan fingerprint density at radius 2 is 1.84 bits per heavy atom. The normalized spacial score (nSPS) is 13.7. The van der Waals surface area contributed by atoms with Gasteiger partial charge in [-0.15, -0.1) is 0 Å². The summed E-state index contributed by atoms with van der Waals surface area (Å²) in [6.45, 7) is 1.85. The first-order valence-electron chi connectivity index (χ1n) is 10.0. The molecule has 0 spiro atoms. The summed E-state index contributed by atoms with van der Waals surface area (Å²) in [6.07, 6.45) is 2.31. The van der Waals surface area contributed by atoms with E-state index in [4.69, 9.17) is 32.4 Å². The van der Waals surface area contributed by atoms with Gasteiger partial charge in [-0.1, -0.05) is 59.6 Å². The van der Waals surface area contributed by atoms with Gasteiger partial charge in [0.15, 0.2) is 0 Å². The molecular formula is C25H19Cl2NO3. The third kappa shape index (κ3) is 3.94. The Bertz CT molecular complexity index is 1320. The highest BCUT2D eigenvalue weighted by molar-refractivity contribution is 6.35. The fourth-order valence-corrected chi connectivity index (χ4v) is 4.42. The molecule has 0 saturated carbocycles. The van der Waals surface area contributed by atoms with Crippen LogP contribution in [0.5, 0.6) is 5.75 Å². The maximum Gasteiger partial charge on any atom is 0.200 e. The molecule has 31 heavy (non-hydrogen) atoms. The monoisotopic (exact) mass is 451 g/mol. The SMILES string of the molecule is O=c1c(-c2ccccc2)coc2c3c(ccc12)OCN(CCc1ccc(Cl)cc1Cl)C3. The standard InChI is InChI=1S/C25H19Cl2NO3/c26-18-7-6-17(22(27)12-18)10-11-28-13-20-23(31-15-28)9-8-19-24(29)21(14-30-25(19)20)16-4-2-1-3-5-16/h1-9,12,14H,10-11,13,15H2. The maximum atomic E-state index is 13.1. The van der Waals surface area contributed by atoms with Gasteiger partial charge in [0.05, 0.1) is 16.5 Å². The van der Waals surface area contributed by atoms with Crippen molar-refractivity contribution < 1.29 is 9.15 Å². The van der Waals surface area contributed by atoms with E-state index in [0.29, 0.717) is 39.9 Å². The molecular weight excluding hydrogens is 433 g/mol. The second kappa shape index (κ2) is 8.39. The molecule has 4 nitrogen and oxygen atoms in total. The fourth-order valence-electron chi connectivity index (χ4n) is 3.92. The molecule has 0 saturated heterocycles. The second-order valence-corrected chi connectivity index (χ2v) is 8.42. The molecule has 1 aliphatic rings. The van der Waals surface area contributed by atoms with Gasteiger partial charge in [-0.25, -0.2) is 0 Å². The Morgan fingerprint density at radius 3 is 2.65 bits per heavy atom. The highest BCUT2D eigenvalue weighted by atomic mass is 35.5. The van der Waals surface area contributed by atoms with E-state index in [9.17, 15) is 4.79 Å². The first-order valence-corrected chi connectivity index (χ1v) is 10.8. The van der Waals surface area contributed by atoms with Crippen molar-refractivity contribution >= 4 is 34.2 Å². The fraction of sp³-hybridized carbons (Fsp3) is 0.160. The lowest BCUT2D eigenvalue weighted by Gasteiger charge is -2.29. The van der Waals surface area contributed by atoms with Crippen LogP contribution in [0.15, 0.2) is 76.1 Å². The van der Waals surface area contributed by atoms with Crippen molar-refractivity contribution in [2.24, 2.45) is 0 Å². The number of fused-ring (bicyclic) bond motifs is 3. The van der Waals surface area contributed by atoms with Crippen LogP contribution in [0.4, 0.5) is 0 Å². The molecule has 0 N–H and O–H groups in total. The summed E-state index contributed by atoms with van der Waals surface area (Å²) < 4.78 is 11.9. The Hall–Kier alpha value is -2.79. The molecule has 0 fully saturated rings. The summed E-state index contributed by atoms with van der Waals surface area (Å²) in [4.78, 5) is 15.3. The first kappa shape index (κ1) is 20.1. The van der Waals surface area contributed by atoms with Crippen LogP contribution in [0.1, 0.15) is 11.1 Å². The zero-order valence-electron chi connectivity index (χ0n) is 16.6. The summed E-state index contributed by atoms with van der Waals surface area (Å²) in [5.74, 6) is 0.754. The van der Waals surface area contributed by atoms with E-state index >= 15 is 0 Å². The Kier molecular flexibility index (Phi) is 5.45. The minimum atomic E-state index is -0.0414. The van der Waals surface area contributed by atoms with Gasteiger partial charge in [-0.3, -0.25) is 9.69 Å². The van der Waals surface area contributed by atoms with Gasteiger partial charge < -0.3 is 9.15 Å².